The van der Waals surface area contributed by atoms with E-state index in [0.29, 0.717) is 23.6 Å². The smallest absolute Gasteiger partial charge is 0.328 e. The summed E-state index contributed by atoms with van der Waals surface area (Å²) >= 11 is 0. The number of carbonyl (C=O) groups is 2. The summed E-state index contributed by atoms with van der Waals surface area (Å²) in [6.45, 7) is 0. The Morgan fingerprint density at radius 1 is 0.857 bits per heavy atom. The van der Waals surface area contributed by atoms with Crippen LogP contribution in [0.1, 0.15) is 92.7 Å². The predicted molar refractivity (Wildman–Crippen MR) is 162 cm³/mol. The third-order valence-electron chi connectivity index (χ3n) is 9.71. The highest BCUT2D eigenvalue weighted by molar-refractivity contribution is 5.96. The van der Waals surface area contributed by atoms with Gasteiger partial charge in [0, 0.05) is 30.6 Å². The van der Waals surface area contributed by atoms with E-state index < -0.39 is 23.5 Å². The maximum atomic E-state index is 14.1. The molecule has 3 atom stereocenters. The highest BCUT2D eigenvalue weighted by Gasteiger charge is 2.44. The highest BCUT2D eigenvalue weighted by Crippen LogP contribution is 2.44. The molecule has 0 spiro atoms. The molecule has 8 heteroatoms. The molecule has 3 heterocycles. The van der Waals surface area contributed by atoms with E-state index in [9.17, 15) is 14.4 Å². The number of benzene rings is 2. The van der Waals surface area contributed by atoms with Crippen molar-refractivity contribution >= 4 is 22.9 Å². The molecule has 2 bridgehead atoms. The summed E-state index contributed by atoms with van der Waals surface area (Å²) < 4.78 is 6.82. The summed E-state index contributed by atoms with van der Waals surface area (Å²) in [6.07, 6.45) is 13.6. The number of aromatic nitrogens is 2. The van der Waals surface area contributed by atoms with Gasteiger partial charge in [0.2, 0.25) is 0 Å². The van der Waals surface area contributed by atoms with Crippen molar-refractivity contribution < 1.29 is 14.3 Å². The number of carbonyl (C=O) groups excluding carboxylic acids is 2. The standard InChI is InChI=1S/C34H42N4O4/c1-42-34(41)29(20-23-12-6-5-7-13-23)36-32(39)31-33(40)38(30-17-11-10-16-28(30)35-31)27-21-25-18-19-26(22-27)37(25)24-14-8-3-2-4-9-15-24/h5-7,10-13,16-17,24-27,29H,2-4,8-9,14-15,18-22H2,1H3,(H,36,39). The third-order valence-corrected chi connectivity index (χ3v) is 9.71. The van der Waals surface area contributed by atoms with E-state index in [1.807, 2.05) is 59.2 Å². The first-order valence-corrected chi connectivity index (χ1v) is 15.7. The minimum Gasteiger partial charge on any atom is -0.467 e. The van der Waals surface area contributed by atoms with Gasteiger partial charge in [-0.15, -0.1) is 0 Å². The lowest BCUT2D eigenvalue weighted by atomic mass is 9.89. The van der Waals surface area contributed by atoms with Crippen molar-refractivity contribution in [2.45, 2.75) is 107 Å². The van der Waals surface area contributed by atoms with E-state index in [1.165, 1.54) is 64.9 Å². The molecule has 6 rings (SSSR count). The zero-order chi connectivity index (χ0) is 29.1. The number of fused-ring (bicyclic) bond motifs is 3. The van der Waals surface area contributed by atoms with Crippen LogP contribution in [0.3, 0.4) is 0 Å². The lowest BCUT2D eigenvalue weighted by molar-refractivity contribution is -0.142. The molecule has 3 fully saturated rings. The summed E-state index contributed by atoms with van der Waals surface area (Å²) in [5.41, 5.74) is 1.68. The van der Waals surface area contributed by atoms with Crippen molar-refractivity contribution in [1.29, 1.82) is 0 Å². The summed E-state index contributed by atoms with van der Waals surface area (Å²) in [6, 6.07) is 17.6. The molecule has 2 aliphatic heterocycles. The largest absolute Gasteiger partial charge is 0.467 e. The van der Waals surface area contributed by atoms with Crippen LogP contribution in [0.25, 0.3) is 11.0 Å². The second-order valence-electron chi connectivity index (χ2n) is 12.3. The van der Waals surface area contributed by atoms with E-state index >= 15 is 0 Å². The molecule has 8 nitrogen and oxygen atoms in total. The monoisotopic (exact) mass is 570 g/mol. The molecular weight excluding hydrogens is 528 g/mol. The molecule has 2 aromatic carbocycles. The number of amides is 1. The summed E-state index contributed by atoms with van der Waals surface area (Å²) in [4.78, 5) is 47.7. The number of ether oxygens (including phenoxy) is 1. The molecule has 1 saturated carbocycles. The minimum absolute atomic E-state index is 0.0000198. The van der Waals surface area contributed by atoms with Gasteiger partial charge in [0.05, 0.1) is 18.1 Å². The first-order valence-electron chi connectivity index (χ1n) is 15.7. The first-order chi connectivity index (χ1) is 20.5. The fourth-order valence-corrected chi connectivity index (χ4v) is 7.80. The average Bonchev–Trinajstić information content (AvgIpc) is 3.24. The number of piperidine rings is 1. The Morgan fingerprint density at radius 3 is 2.19 bits per heavy atom. The summed E-state index contributed by atoms with van der Waals surface area (Å²) in [7, 11) is 1.30. The number of hydrogen-bond acceptors (Lipinski definition) is 6. The molecular formula is C34H42N4O4. The van der Waals surface area contributed by atoms with Gasteiger partial charge < -0.3 is 14.6 Å². The Bertz CT molecular complexity index is 1450. The van der Waals surface area contributed by atoms with E-state index in [1.54, 1.807) is 0 Å². The number of rotatable bonds is 7. The molecule has 1 aromatic heterocycles. The molecule has 1 amide bonds. The number of hydrogen-bond donors (Lipinski definition) is 1. The zero-order valence-corrected chi connectivity index (χ0v) is 24.5. The van der Waals surface area contributed by atoms with Gasteiger partial charge in [-0.3, -0.25) is 14.5 Å². The second kappa shape index (κ2) is 12.8. The number of nitrogens with zero attached hydrogens (tertiary/aromatic N) is 3. The fourth-order valence-electron chi connectivity index (χ4n) is 7.80. The zero-order valence-electron chi connectivity index (χ0n) is 24.5. The molecule has 3 aliphatic rings. The normalized spacial score (nSPS) is 24.1. The van der Waals surface area contributed by atoms with Crippen LogP contribution in [-0.2, 0) is 16.0 Å². The van der Waals surface area contributed by atoms with Crippen LogP contribution in [0.4, 0.5) is 0 Å². The summed E-state index contributed by atoms with van der Waals surface area (Å²) in [5, 5.41) is 2.76. The lowest BCUT2D eigenvalue weighted by Crippen LogP contribution is -2.51. The van der Waals surface area contributed by atoms with Crippen LogP contribution >= 0.6 is 0 Å². The van der Waals surface area contributed by atoms with Crippen molar-refractivity contribution in [2.24, 2.45) is 0 Å². The van der Waals surface area contributed by atoms with Gasteiger partial charge in [-0.1, -0.05) is 74.6 Å². The van der Waals surface area contributed by atoms with E-state index in [4.69, 9.17) is 4.74 Å². The fraction of sp³-hybridized carbons (Fsp3) is 0.529. The van der Waals surface area contributed by atoms with Gasteiger partial charge in [-0.25, -0.2) is 9.78 Å². The Hall–Kier alpha value is -3.52. The average molecular weight is 571 g/mol. The molecule has 2 saturated heterocycles. The van der Waals surface area contributed by atoms with Crippen LogP contribution in [0.5, 0.6) is 0 Å². The van der Waals surface area contributed by atoms with Gasteiger partial charge in [0.25, 0.3) is 11.5 Å². The van der Waals surface area contributed by atoms with Gasteiger partial charge in [0.1, 0.15) is 6.04 Å². The van der Waals surface area contributed by atoms with Gasteiger partial charge in [-0.05, 0) is 56.2 Å². The number of esters is 1. The lowest BCUT2D eigenvalue weighted by Gasteiger charge is -2.45. The van der Waals surface area contributed by atoms with Crippen molar-refractivity contribution in [3.63, 3.8) is 0 Å². The van der Waals surface area contributed by atoms with Crippen molar-refractivity contribution in [1.82, 2.24) is 19.8 Å². The van der Waals surface area contributed by atoms with E-state index in [2.05, 4.69) is 15.2 Å². The molecule has 222 valence electrons. The second-order valence-corrected chi connectivity index (χ2v) is 12.3. The minimum atomic E-state index is -0.936. The van der Waals surface area contributed by atoms with Crippen LogP contribution < -0.4 is 10.9 Å². The predicted octanol–water partition coefficient (Wildman–Crippen LogP) is 5.19. The first kappa shape index (κ1) is 28.6. The molecule has 3 unspecified atom stereocenters. The van der Waals surface area contributed by atoms with E-state index in [-0.39, 0.29) is 18.2 Å². The Morgan fingerprint density at radius 2 is 1.50 bits per heavy atom. The SMILES string of the molecule is COC(=O)C(Cc1ccccc1)NC(=O)c1nc2ccccc2n(C2CC3CCC(C2)N3C2CCCCCCC2)c1=O. The van der Waals surface area contributed by atoms with Crippen molar-refractivity contribution in [2.75, 3.05) is 7.11 Å². The van der Waals surface area contributed by atoms with Crippen LogP contribution in [0.15, 0.2) is 59.4 Å². The Kier molecular flexibility index (Phi) is 8.70. The Labute approximate surface area is 247 Å². The molecule has 0 radical (unpaired) electrons. The molecule has 1 aliphatic carbocycles. The van der Waals surface area contributed by atoms with Crippen LogP contribution in [0.2, 0.25) is 0 Å². The highest BCUT2D eigenvalue weighted by atomic mass is 16.5. The number of para-hydroxylation sites is 2. The maximum Gasteiger partial charge on any atom is 0.328 e. The molecule has 42 heavy (non-hydrogen) atoms. The van der Waals surface area contributed by atoms with E-state index in [0.717, 1.165) is 23.9 Å². The van der Waals surface area contributed by atoms with Crippen LogP contribution in [0, 0.1) is 0 Å². The third kappa shape index (κ3) is 5.87. The van der Waals surface area contributed by atoms with Gasteiger partial charge in [-0.2, -0.15) is 0 Å². The van der Waals surface area contributed by atoms with Crippen molar-refractivity contribution in [3.05, 3.63) is 76.2 Å². The topological polar surface area (TPSA) is 93.5 Å². The summed E-state index contributed by atoms with van der Waals surface area (Å²) in [5.74, 6) is -1.22. The molecule has 1 N–H and O–H groups in total. The molecule has 3 aromatic rings. The number of methoxy groups -OCH3 is 1. The van der Waals surface area contributed by atoms with Gasteiger partial charge >= 0.3 is 5.97 Å². The maximum absolute atomic E-state index is 14.1. The quantitative estimate of drug-likeness (QED) is 0.393. The number of nitrogens with one attached hydrogen (secondary N) is 1. The van der Waals surface area contributed by atoms with Crippen molar-refractivity contribution in [3.8, 4) is 0 Å². The Balaban J connectivity index is 1.29. The van der Waals surface area contributed by atoms with Gasteiger partial charge in [0.15, 0.2) is 5.69 Å². The van der Waals surface area contributed by atoms with Crippen LogP contribution in [-0.4, -0.2) is 57.6 Å².